The number of hydrogen-bond acceptors (Lipinski definition) is 4. The van der Waals surface area contributed by atoms with E-state index >= 15 is 0 Å². The van der Waals surface area contributed by atoms with Gasteiger partial charge in [0, 0.05) is 10.6 Å². The van der Waals surface area contributed by atoms with E-state index in [-0.39, 0.29) is 6.03 Å². The monoisotopic (exact) mass is 416 g/mol. The Morgan fingerprint density at radius 2 is 2.36 bits per heavy atom. The molecule has 2 N–H and O–H groups in total. The molecule has 1 heterocycles. The van der Waals surface area contributed by atoms with Crippen LogP contribution in [0.1, 0.15) is 18.9 Å². The number of aliphatic imine (C=N–C) groups is 1. The van der Waals surface area contributed by atoms with Gasteiger partial charge in [-0.05, 0) is 41.8 Å². The molecule has 1 aliphatic rings. The Labute approximate surface area is 159 Å². The zero-order valence-electron chi connectivity index (χ0n) is 13.6. The molecule has 2 amide bonds. The van der Waals surface area contributed by atoms with E-state index in [0.29, 0.717) is 22.8 Å². The van der Waals surface area contributed by atoms with Crippen LogP contribution in [0.5, 0.6) is 0 Å². The molecular weight excluding hydrogens is 400 g/mol. The average Bonchev–Trinajstić information content (AvgIpc) is 2.63. The number of rotatable bonds is 4. The predicted octanol–water partition coefficient (Wildman–Crippen LogP) is 4.75. The Kier molecular flexibility index (Phi) is 7.51. The van der Waals surface area contributed by atoms with Crippen molar-refractivity contribution in [1.29, 1.82) is 5.26 Å². The number of thioether (sulfide) groups is 1. The SMILES string of the molecule is CC\C=C/C(=C\C=C\Br)NC(=O)NC1=Nc2ccc(C#N)cc2SC1. The Bertz CT molecular complexity index is 806. The number of urea groups is 1. The fraction of sp³-hybridized carbons (Fsp3) is 0.167. The predicted molar refractivity (Wildman–Crippen MR) is 106 cm³/mol. The molecular formula is C18H17BrN4OS. The lowest BCUT2D eigenvalue weighted by Gasteiger charge is -2.16. The average molecular weight is 417 g/mol. The fourth-order valence-corrected chi connectivity index (χ4v) is 3.05. The van der Waals surface area contributed by atoms with Crippen LogP contribution in [0, 0.1) is 11.3 Å². The van der Waals surface area contributed by atoms with Crippen LogP contribution >= 0.6 is 27.7 Å². The molecule has 1 aromatic rings. The van der Waals surface area contributed by atoms with E-state index in [9.17, 15) is 4.79 Å². The molecule has 0 radical (unpaired) electrons. The van der Waals surface area contributed by atoms with Gasteiger partial charge in [0.05, 0.1) is 23.1 Å². The van der Waals surface area contributed by atoms with Gasteiger partial charge in [0.1, 0.15) is 5.84 Å². The number of hydrogen-bond donors (Lipinski definition) is 2. The van der Waals surface area contributed by atoms with Gasteiger partial charge in [-0.25, -0.2) is 9.79 Å². The molecule has 0 spiro atoms. The number of carbonyl (C=O) groups is 1. The molecule has 0 bridgehead atoms. The minimum absolute atomic E-state index is 0.341. The van der Waals surface area contributed by atoms with E-state index in [0.717, 1.165) is 17.0 Å². The Balaban J connectivity index is 2.06. The first-order valence-corrected chi connectivity index (χ1v) is 9.52. The summed E-state index contributed by atoms with van der Waals surface area (Å²) in [6, 6.07) is 7.08. The number of benzene rings is 1. The van der Waals surface area contributed by atoms with E-state index < -0.39 is 0 Å². The van der Waals surface area contributed by atoms with Crippen LogP contribution in [-0.2, 0) is 0 Å². The smallest absolute Gasteiger partial charge is 0.308 e. The van der Waals surface area contributed by atoms with Crippen molar-refractivity contribution < 1.29 is 4.79 Å². The summed E-state index contributed by atoms with van der Waals surface area (Å²) in [5.74, 6) is 1.12. The standard InChI is InChI=1S/C18H17BrN4OS/c1-2-3-5-14(6-4-9-19)21-18(24)23-17-12-25-16-10-13(11-20)7-8-15(16)22-17/h3-10H,2,12H2,1H3,(H2,21,22,23,24)/b5-3-,9-4+,14-6+. The molecule has 0 saturated heterocycles. The van der Waals surface area contributed by atoms with Crippen molar-refractivity contribution in [3.63, 3.8) is 0 Å². The second-order valence-electron chi connectivity index (χ2n) is 4.97. The second kappa shape index (κ2) is 9.87. The van der Waals surface area contributed by atoms with Crippen molar-refractivity contribution >= 4 is 45.2 Å². The number of allylic oxidation sites excluding steroid dienone is 4. The zero-order valence-corrected chi connectivity index (χ0v) is 16.0. The van der Waals surface area contributed by atoms with E-state index in [1.165, 1.54) is 0 Å². The Morgan fingerprint density at radius 1 is 1.52 bits per heavy atom. The first kappa shape index (κ1) is 19.0. The molecule has 1 aliphatic heterocycles. The van der Waals surface area contributed by atoms with Crippen LogP contribution in [0.4, 0.5) is 10.5 Å². The van der Waals surface area contributed by atoms with Crippen LogP contribution in [-0.4, -0.2) is 17.6 Å². The lowest BCUT2D eigenvalue weighted by atomic mass is 10.2. The minimum atomic E-state index is -0.341. The highest BCUT2D eigenvalue weighted by Gasteiger charge is 2.15. The Morgan fingerprint density at radius 3 is 3.08 bits per heavy atom. The molecule has 25 heavy (non-hydrogen) atoms. The summed E-state index contributed by atoms with van der Waals surface area (Å²) in [5.41, 5.74) is 2.04. The topological polar surface area (TPSA) is 77.3 Å². The van der Waals surface area contributed by atoms with E-state index in [2.05, 4.69) is 37.6 Å². The number of nitrogens with zero attached hydrogens (tertiary/aromatic N) is 2. The van der Waals surface area contributed by atoms with Crippen molar-refractivity contribution in [3.8, 4) is 6.07 Å². The molecule has 5 nitrogen and oxygen atoms in total. The summed E-state index contributed by atoms with van der Waals surface area (Å²) in [5, 5.41) is 14.5. The van der Waals surface area contributed by atoms with Gasteiger partial charge in [-0.1, -0.05) is 35.0 Å². The third-order valence-corrected chi connectivity index (χ3v) is 4.47. The van der Waals surface area contributed by atoms with Crippen LogP contribution in [0.2, 0.25) is 0 Å². The van der Waals surface area contributed by atoms with E-state index in [4.69, 9.17) is 5.26 Å². The Hall–Kier alpha value is -2.30. The van der Waals surface area contributed by atoms with Gasteiger partial charge in [-0.3, -0.25) is 5.32 Å². The number of halogens is 1. The zero-order chi connectivity index (χ0) is 18.1. The molecule has 2 rings (SSSR count). The van der Waals surface area contributed by atoms with Crippen molar-refractivity contribution in [2.45, 2.75) is 18.2 Å². The molecule has 128 valence electrons. The van der Waals surface area contributed by atoms with E-state index in [1.54, 1.807) is 41.0 Å². The van der Waals surface area contributed by atoms with Gasteiger partial charge >= 0.3 is 6.03 Å². The van der Waals surface area contributed by atoms with Crippen LogP contribution in [0.15, 0.2) is 63.1 Å². The number of nitriles is 1. The van der Waals surface area contributed by atoms with Gasteiger partial charge in [0.2, 0.25) is 0 Å². The molecule has 7 heteroatoms. The molecule has 0 atom stereocenters. The van der Waals surface area contributed by atoms with E-state index in [1.807, 2.05) is 25.1 Å². The number of amides is 2. The molecule has 1 aromatic carbocycles. The summed E-state index contributed by atoms with van der Waals surface area (Å²) < 4.78 is 0. The summed E-state index contributed by atoms with van der Waals surface area (Å²) in [6.07, 6.45) is 8.26. The van der Waals surface area contributed by atoms with Crippen molar-refractivity contribution in [2.24, 2.45) is 4.99 Å². The molecule has 0 aliphatic carbocycles. The number of fused-ring (bicyclic) bond motifs is 1. The lowest BCUT2D eigenvalue weighted by molar-refractivity contribution is 0.248. The summed E-state index contributed by atoms with van der Waals surface area (Å²) in [7, 11) is 0. The first-order valence-electron chi connectivity index (χ1n) is 7.62. The molecule has 0 saturated carbocycles. The largest absolute Gasteiger partial charge is 0.324 e. The van der Waals surface area contributed by atoms with Crippen LogP contribution in [0.25, 0.3) is 0 Å². The first-order chi connectivity index (χ1) is 12.2. The minimum Gasteiger partial charge on any atom is -0.308 e. The summed E-state index contributed by atoms with van der Waals surface area (Å²) in [4.78, 5) is 19.3. The maximum Gasteiger partial charge on any atom is 0.324 e. The maximum absolute atomic E-state index is 12.2. The number of amidine groups is 1. The summed E-state index contributed by atoms with van der Waals surface area (Å²) in [6.45, 7) is 2.03. The second-order valence-corrected chi connectivity index (χ2v) is 6.52. The highest BCUT2D eigenvalue weighted by atomic mass is 79.9. The normalized spacial score (nSPS) is 14.1. The third-order valence-electron chi connectivity index (χ3n) is 3.11. The lowest BCUT2D eigenvalue weighted by Crippen LogP contribution is -2.40. The molecule has 0 aromatic heterocycles. The third kappa shape index (κ3) is 5.93. The number of carbonyl (C=O) groups excluding carboxylic acids is 1. The van der Waals surface area contributed by atoms with Crippen molar-refractivity contribution in [1.82, 2.24) is 10.6 Å². The van der Waals surface area contributed by atoms with Crippen LogP contribution in [0.3, 0.4) is 0 Å². The fourth-order valence-electron chi connectivity index (χ4n) is 2.00. The van der Waals surface area contributed by atoms with Gasteiger partial charge in [0.15, 0.2) is 0 Å². The summed E-state index contributed by atoms with van der Waals surface area (Å²) >= 11 is 4.74. The highest BCUT2D eigenvalue weighted by Crippen LogP contribution is 2.34. The highest BCUT2D eigenvalue weighted by molar-refractivity contribution is 9.11. The maximum atomic E-state index is 12.2. The molecule has 0 unspecified atom stereocenters. The number of nitrogens with one attached hydrogen (secondary N) is 2. The van der Waals surface area contributed by atoms with Crippen LogP contribution < -0.4 is 10.6 Å². The van der Waals surface area contributed by atoms with Gasteiger partial charge in [0.25, 0.3) is 0 Å². The quantitative estimate of drug-likeness (QED) is 0.694. The van der Waals surface area contributed by atoms with Gasteiger partial charge in [-0.15, -0.1) is 11.8 Å². The van der Waals surface area contributed by atoms with Crippen molar-refractivity contribution in [3.05, 3.63) is 58.7 Å². The molecule has 0 fully saturated rings. The van der Waals surface area contributed by atoms with Crippen molar-refractivity contribution in [2.75, 3.05) is 5.75 Å². The van der Waals surface area contributed by atoms with Gasteiger partial charge in [-0.2, -0.15) is 5.26 Å². The van der Waals surface area contributed by atoms with Gasteiger partial charge < -0.3 is 5.32 Å².